The number of esters is 1. The van der Waals surface area contributed by atoms with Crippen molar-refractivity contribution in [2.75, 3.05) is 19.7 Å². The van der Waals surface area contributed by atoms with Gasteiger partial charge in [-0.05, 0) is 44.0 Å². The van der Waals surface area contributed by atoms with E-state index >= 15 is 0 Å². The van der Waals surface area contributed by atoms with Gasteiger partial charge in [-0.1, -0.05) is 12.1 Å². The van der Waals surface area contributed by atoms with Crippen molar-refractivity contribution in [3.05, 3.63) is 29.8 Å². The van der Waals surface area contributed by atoms with Gasteiger partial charge in [-0.3, -0.25) is 9.69 Å². The summed E-state index contributed by atoms with van der Waals surface area (Å²) in [5.41, 5.74) is 0.752. The number of piperidine rings is 1. The Morgan fingerprint density at radius 1 is 1.62 bits per heavy atom. The first-order valence-electron chi connectivity index (χ1n) is 7.25. The highest BCUT2D eigenvalue weighted by Gasteiger charge is 2.31. The second-order valence-electron chi connectivity index (χ2n) is 5.21. The van der Waals surface area contributed by atoms with Gasteiger partial charge in [-0.25, -0.2) is 0 Å². The number of ether oxygens (including phenoxy) is 1. The van der Waals surface area contributed by atoms with Gasteiger partial charge in [0.15, 0.2) is 0 Å². The molecule has 2 unspecified atom stereocenters. The predicted molar refractivity (Wildman–Crippen MR) is 77.4 cm³/mol. The Morgan fingerprint density at radius 2 is 2.43 bits per heavy atom. The number of benzene rings is 1. The SMILES string of the molecule is CCOC(=O)C1CCCN(C(C#N)c2cccc(O)c2)C1. The van der Waals surface area contributed by atoms with E-state index in [4.69, 9.17) is 4.74 Å². The first-order valence-corrected chi connectivity index (χ1v) is 7.25. The average molecular weight is 288 g/mol. The van der Waals surface area contributed by atoms with Crippen LogP contribution in [0.25, 0.3) is 0 Å². The molecule has 112 valence electrons. The monoisotopic (exact) mass is 288 g/mol. The third-order valence-electron chi connectivity index (χ3n) is 3.75. The van der Waals surface area contributed by atoms with Gasteiger partial charge in [0.05, 0.1) is 18.6 Å². The van der Waals surface area contributed by atoms with Crippen molar-refractivity contribution in [2.45, 2.75) is 25.8 Å². The molecule has 0 aromatic heterocycles. The van der Waals surface area contributed by atoms with E-state index in [1.807, 2.05) is 11.0 Å². The van der Waals surface area contributed by atoms with Crippen LogP contribution in [-0.4, -0.2) is 35.7 Å². The fourth-order valence-corrected chi connectivity index (χ4v) is 2.76. The Kier molecular flexibility index (Phi) is 5.18. The van der Waals surface area contributed by atoms with Crippen molar-refractivity contribution in [1.29, 1.82) is 5.26 Å². The molecule has 2 rings (SSSR count). The Bertz CT molecular complexity index is 539. The third-order valence-corrected chi connectivity index (χ3v) is 3.75. The van der Waals surface area contributed by atoms with Crippen LogP contribution in [0, 0.1) is 17.2 Å². The number of carbonyl (C=O) groups excluding carboxylic acids is 1. The molecule has 1 heterocycles. The van der Waals surface area contributed by atoms with Gasteiger partial charge in [0.2, 0.25) is 0 Å². The number of nitriles is 1. The van der Waals surface area contributed by atoms with Gasteiger partial charge in [-0.2, -0.15) is 5.26 Å². The van der Waals surface area contributed by atoms with E-state index < -0.39 is 6.04 Å². The van der Waals surface area contributed by atoms with Crippen LogP contribution in [0.3, 0.4) is 0 Å². The Labute approximate surface area is 124 Å². The van der Waals surface area contributed by atoms with Crippen molar-refractivity contribution < 1.29 is 14.6 Å². The fourth-order valence-electron chi connectivity index (χ4n) is 2.76. The number of hydrogen-bond acceptors (Lipinski definition) is 5. The van der Waals surface area contributed by atoms with Crippen LogP contribution >= 0.6 is 0 Å². The van der Waals surface area contributed by atoms with Gasteiger partial charge >= 0.3 is 5.97 Å². The molecule has 1 aromatic rings. The van der Waals surface area contributed by atoms with Crippen LogP contribution in [-0.2, 0) is 9.53 Å². The largest absolute Gasteiger partial charge is 0.508 e. The van der Waals surface area contributed by atoms with E-state index in [2.05, 4.69) is 6.07 Å². The van der Waals surface area contributed by atoms with Crippen LogP contribution in [0.4, 0.5) is 0 Å². The first-order chi connectivity index (χ1) is 10.2. The minimum atomic E-state index is -0.450. The number of likely N-dealkylation sites (tertiary alicyclic amines) is 1. The highest BCUT2D eigenvalue weighted by atomic mass is 16.5. The van der Waals surface area contributed by atoms with E-state index in [0.29, 0.717) is 13.2 Å². The van der Waals surface area contributed by atoms with Crippen LogP contribution in [0.1, 0.15) is 31.4 Å². The molecule has 0 amide bonds. The summed E-state index contributed by atoms with van der Waals surface area (Å²) in [5.74, 6) is -0.214. The summed E-state index contributed by atoms with van der Waals surface area (Å²) in [6, 6.07) is 8.54. The highest BCUT2D eigenvalue weighted by molar-refractivity contribution is 5.72. The van der Waals surface area contributed by atoms with E-state index in [9.17, 15) is 15.2 Å². The lowest BCUT2D eigenvalue weighted by atomic mass is 9.95. The molecular formula is C16H20N2O3. The molecule has 0 aliphatic carbocycles. The standard InChI is InChI=1S/C16H20N2O3/c1-2-21-16(20)13-6-4-8-18(11-13)15(10-17)12-5-3-7-14(19)9-12/h3,5,7,9,13,15,19H,2,4,6,8,11H2,1H3. The molecular weight excluding hydrogens is 268 g/mol. The normalized spacial score (nSPS) is 20.5. The Morgan fingerprint density at radius 3 is 3.10 bits per heavy atom. The molecule has 0 bridgehead atoms. The topological polar surface area (TPSA) is 73.6 Å². The van der Waals surface area contributed by atoms with Crippen molar-refractivity contribution in [2.24, 2.45) is 5.92 Å². The zero-order valence-electron chi connectivity index (χ0n) is 12.2. The fraction of sp³-hybridized carbons (Fsp3) is 0.500. The van der Waals surface area contributed by atoms with Crippen molar-refractivity contribution in [1.82, 2.24) is 4.90 Å². The molecule has 1 N–H and O–H groups in total. The van der Waals surface area contributed by atoms with E-state index in [1.165, 1.54) is 0 Å². The number of phenolic OH excluding ortho intramolecular Hbond substituents is 1. The maximum Gasteiger partial charge on any atom is 0.310 e. The highest BCUT2D eigenvalue weighted by Crippen LogP contribution is 2.28. The summed E-state index contributed by atoms with van der Waals surface area (Å²) in [6.45, 7) is 3.46. The number of carbonyl (C=O) groups is 1. The molecule has 0 saturated carbocycles. The minimum absolute atomic E-state index is 0.145. The molecule has 5 nitrogen and oxygen atoms in total. The van der Waals surface area contributed by atoms with Crippen molar-refractivity contribution in [3.8, 4) is 11.8 Å². The molecule has 1 aromatic carbocycles. The van der Waals surface area contributed by atoms with Crippen LogP contribution < -0.4 is 0 Å². The lowest BCUT2D eigenvalue weighted by molar-refractivity contribution is -0.150. The molecule has 1 saturated heterocycles. The number of phenols is 1. The van der Waals surface area contributed by atoms with Gasteiger partial charge in [0.25, 0.3) is 0 Å². The maximum absolute atomic E-state index is 11.9. The summed E-state index contributed by atoms with van der Waals surface area (Å²) in [4.78, 5) is 13.9. The zero-order valence-corrected chi connectivity index (χ0v) is 12.2. The molecule has 21 heavy (non-hydrogen) atoms. The smallest absolute Gasteiger partial charge is 0.310 e. The van der Waals surface area contributed by atoms with E-state index in [-0.39, 0.29) is 17.6 Å². The van der Waals surface area contributed by atoms with Gasteiger partial charge in [-0.15, -0.1) is 0 Å². The Balaban J connectivity index is 2.12. The molecule has 0 radical (unpaired) electrons. The third kappa shape index (κ3) is 3.73. The molecule has 1 fully saturated rings. The lowest BCUT2D eigenvalue weighted by Gasteiger charge is -2.34. The summed E-state index contributed by atoms with van der Waals surface area (Å²) in [7, 11) is 0. The second kappa shape index (κ2) is 7.09. The lowest BCUT2D eigenvalue weighted by Crippen LogP contribution is -2.41. The van der Waals surface area contributed by atoms with Crippen LogP contribution in [0.2, 0.25) is 0 Å². The van der Waals surface area contributed by atoms with Gasteiger partial charge in [0, 0.05) is 6.54 Å². The summed E-state index contributed by atoms with van der Waals surface area (Å²) >= 11 is 0. The van der Waals surface area contributed by atoms with Gasteiger partial charge in [0.1, 0.15) is 11.8 Å². The van der Waals surface area contributed by atoms with E-state index in [1.54, 1.807) is 25.1 Å². The number of nitrogens with zero attached hydrogens (tertiary/aromatic N) is 2. The van der Waals surface area contributed by atoms with Crippen LogP contribution in [0.15, 0.2) is 24.3 Å². The van der Waals surface area contributed by atoms with Crippen LogP contribution in [0.5, 0.6) is 5.75 Å². The van der Waals surface area contributed by atoms with Crippen molar-refractivity contribution >= 4 is 5.97 Å². The summed E-state index contributed by atoms with van der Waals surface area (Å²) in [5, 5.41) is 19.0. The second-order valence-corrected chi connectivity index (χ2v) is 5.21. The molecule has 1 aliphatic rings. The molecule has 2 atom stereocenters. The van der Waals surface area contributed by atoms with E-state index in [0.717, 1.165) is 24.9 Å². The number of hydrogen-bond donors (Lipinski definition) is 1. The molecule has 1 aliphatic heterocycles. The van der Waals surface area contributed by atoms with Crippen molar-refractivity contribution in [3.63, 3.8) is 0 Å². The maximum atomic E-state index is 11.9. The predicted octanol–water partition coefficient (Wildman–Crippen LogP) is 2.23. The number of aromatic hydroxyl groups is 1. The zero-order chi connectivity index (χ0) is 15.2. The number of rotatable bonds is 4. The first kappa shape index (κ1) is 15.3. The summed E-state index contributed by atoms with van der Waals surface area (Å²) in [6.07, 6.45) is 1.66. The molecule has 0 spiro atoms. The molecule has 5 heteroatoms. The minimum Gasteiger partial charge on any atom is -0.508 e. The quantitative estimate of drug-likeness (QED) is 0.860. The Hall–Kier alpha value is -2.06. The summed E-state index contributed by atoms with van der Waals surface area (Å²) < 4.78 is 5.08. The van der Waals surface area contributed by atoms with Gasteiger partial charge < -0.3 is 9.84 Å². The average Bonchev–Trinajstić information content (AvgIpc) is 2.49.